The van der Waals surface area contributed by atoms with Crippen molar-refractivity contribution in [2.24, 2.45) is 5.92 Å². The third kappa shape index (κ3) is 2.98. The molecule has 102 valence electrons. The molecule has 1 amide bonds. The van der Waals surface area contributed by atoms with Gasteiger partial charge in [-0.1, -0.05) is 0 Å². The highest BCUT2D eigenvalue weighted by atomic mass is 16.4. The van der Waals surface area contributed by atoms with Crippen LogP contribution in [0, 0.1) is 5.92 Å². The molecule has 2 rings (SSSR count). The fraction of sp³-hybridized carbons (Fsp3) is 0.500. The van der Waals surface area contributed by atoms with Crippen LogP contribution in [0.4, 0.5) is 5.82 Å². The summed E-state index contributed by atoms with van der Waals surface area (Å²) in [5.41, 5.74) is 0.264. The standard InChI is InChI=1S/C12H16N4O3/c1-2-13-11(17)9-3-4-10(15-14-9)16-6-5-8(7-16)12(18)19/h3-4,8H,2,5-7H2,1H3,(H,13,17)(H,18,19). The number of nitrogens with one attached hydrogen (secondary N) is 1. The molecule has 0 aliphatic carbocycles. The predicted molar refractivity (Wildman–Crippen MR) is 68.0 cm³/mol. The van der Waals surface area contributed by atoms with Gasteiger partial charge in [-0.2, -0.15) is 0 Å². The van der Waals surface area contributed by atoms with E-state index in [9.17, 15) is 9.59 Å². The maximum absolute atomic E-state index is 11.5. The number of carbonyl (C=O) groups is 2. The van der Waals surface area contributed by atoms with E-state index >= 15 is 0 Å². The summed E-state index contributed by atoms with van der Waals surface area (Å²) in [5.74, 6) is -0.789. The van der Waals surface area contributed by atoms with Crippen LogP contribution in [0.5, 0.6) is 0 Å². The number of rotatable bonds is 4. The average Bonchev–Trinajstić information content (AvgIpc) is 2.89. The van der Waals surface area contributed by atoms with Gasteiger partial charge in [-0.05, 0) is 25.5 Å². The molecule has 0 bridgehead atoms. The fourth-order valence-electron chi connectivity index (χ4n) is 2.04. The molecule has 1 aromatic heterocycles. The highest BCUT2D eigenvalue weighted by Gasteiger charge is 2.28. The number of nitrogens with zero attached hydrogens (tertiary/aromatic N) is 3. The van der Waals surface area contributed by atoms with Crippen molar-refractivity contribution in [3.8, 4) is 0 Å². The molecule has 7 heteroatoms. The molecule has 0 spiro atoms. The van der Waals surface area contributed by atoms with Gasteiger partial charge in [-0.3, -0.25) is 9.59 Å². The number of aromatic nitrogens is 2. The van der Waals surface area contributed by atoms with Crippen molar-refractivity contribution in [2.45, 2.75) is 13.3 Å². The number of hydrogen-bond donors (Lipinski definition) is 2. The summed E-state index contributed by atoms with van der Waals surface area (Å²) in [6, 6.07) is 3.29. The summed E-state index contributed by atoms with van der Waals surface area (Å²) in [7, 11) is 0. The Hall–Kier alpha value is -2.18. The van der Waals surface area contributed by atoms with Crippen LogP contribution in [0.15, 0.2) is 12.1 Å². The average molecular weight is 264 g/mol. The second kappa shape index (κ2) is 5.64. The molecule has 1 fully saturated rings. The van der Waals surface area contributed by atoms with E-state index in [1.807, 2.05) is 11.8 Å². The monoisotopic (exact) mass is 264 g/mol. The van der Waals surface area contributed by atoms with Crippen LogP contribution in [0.2, 0.25) is 0 Å². The molecule has 2 heterocycles. The molecule has 1 aliphatic rings. The Balaban J connectivity index is 2.03. The van der Waals surface area contributed by atoms with Crippen molar-refractivity contribution < 1.29 is 14.7 Å². The van der Waals surface area contributed by atoms with Crippen LogP contribution < -0.4 is 10.2 Å². The lowest BCUT2D eigenvalue weighted by Gasteiger charge is -2.15. The van der Waals surface area contributed by atoms with Gasteiger partial charge in [0, 0.05) is 19.6 Å². The van der Waals surface area contributed by atoms with E-state index in [2.05, 4.69) is 15.5 Å². The topological polar surface area (TPSA) is 95.4 Å². The summed E-state index contributed by atoms with van der Waals surface area (Å²) in [6.07, 6.45) is 0.606. The molecule has 1 saturated heterocycles. The van der Waals surface area contributed by atoms with Crippen LogP contribution >= 0.6 is 0 Å². The number of anilines is 1. The van der Waals surface area contributed by atoms with E-state index in [-0.39, 0.29) is 17.5 Å². The number of carboxylic acid groups (broad SMARTS) is 1. The number of hydrogen-bond acceptors (Lipinski definition) is 5. The Kier molecular flexibility index (Phi) is 3.94. The molecule has 1 unspecified atom stereocenters. The van der Waals surface area contributed by atoms with Gasteiger partial charge in [-0.25, -0.2) is 0 Å². The van der Waals surface area contributed by atoms with E-state index in [0.29, 0.717) is 31.9 Å². The van der Waals surface area contributed by atoms with Gasteiger partial charge < -0.3 is 15.3 Å². The molecule has 19 heavy (non-hydrogen) atoms. The summed E-state index contributed by atoms with van der Waals surface area (Å²) < 4.78 is 0. The first kappa shape index (κ1) is 13.3. The van der Waals surface area contributed by atoms with E-state index in [1.54, 1.807) is 12.1 Å². The molecule has 2 N–H and O–H groups in total. The molecule has 1 aromatic rings. The minimum atomic E-state index is -0.783. The highest BCUT2D eigenvalue weighted by Crippen LogP contribution is 2.21. The Morgan fingerprint density at radius 1 is 1.47 bits per heavy atom. The zero-order valence-corrected chi connectivity index (χ0v) is 10.7. The van der Waals surface area contributed by atoms with Crippen molar-refractivity contribution >= 4 is 17.7 Å². The van der Waals surface area contributed by atoms with Crippen molar-refractivity contribution in [3.63, 3.8) is 0 Å². The maximum Gasteiger partial charge on any atom is 0.308 e. The zero-order chi connectivity index (χ0) is 13.8. The Morgan fingerprint density at radius 2 is 2.26 bits per heavy atom. The predicted octanol–water partition coefficient (Wildman–Crippen LogP) is 0.137. The van der Waals surface area contributed by atoms with Gasteiger partial charge >= 0.3 is 5.97 Å². The SMILES string of the molecule is CCNC(=O)c1ccc(N2CCC(C(=O)O)C2)nn1. The third-order valence-corrected chi connectivity index (χ3v) is 3.08. The first-order valence-electron chi connectivity index (χ1n) is 6.21. The van der Waals surface area contributed by atoms with Gasteiger partial charge in [0.2, 0.25) is 0 Å². The van der Waals surface area contributed by atoms with Crippen molar-refractivity contribution in [1.82, 2.24) is 15.5 Å². The summed E-state index contributed by atoms with van der Waals surface area (Å²) >= 11 is 0. The number of carboxylic acids is 1. The summed E-state index contributed by atoms with van der Waals surface area (Å²) in [5, 5.41) is 19.4. The van der Waals surface area contributed by atoms with Gasteiger partial charge in [-0.15, -0.1) is 10.2 Å². The lowest BCUT2D eigenvalue weighted by atomic mass is 10.1. The normalized spacial score (nSPS) is 18.4. The van der Waals surface area contributed by atoms with Crippen molar-refractivity contribution in [3.05, 3.63) is 17.8 Å². The van der Waals surface area contributed by atoms with Gasteiger partial charge in [0.15, 0.2) is 11.5 Å². The molecule has 0 aromatic carbocycles. The molecular weight excluding hydrogens is 248 g/mol. The summed E-state index contributed by atoms with van der Waals surface area (Å²) in [4.78, 5) is 24.3. The van der Waals surface area contributed by atoms with Crippen LogP contribution in [0.3, 0.4) is 0 Å². The van der Waals surface area contributed by atoms with Gasteiger partial charge in [0.25, 0.3) is 5.91 Å². The minimum Gasteiger partial charge on any atom is -0.481 e. The minimum absolute atomic E-state index is 0.258. The molecular formula is C12H16N4O3. The first-order valence-corrected chi connectivity index (χ1v) is 6.21. The lowest BCUT2D eigenvalue weighted by Crippen LogP contribution is -2.26. The van der Waals surface area contributed by atoms with Crippen LogP contribution in [0.25, 0.3) is 0 Å². The van der Waals surface area contributed by atoms with Crippen LogP contribution in [-0.2, 0) is 4.79 Å². The zero-order valence-electron chi connectivity index (χ0n) is 10.7. The van der Waals surface area contributed by atoms with E-state index in [4.69, 9.17) is 5.11 Å². The highest BCUT2D eigenvalue weighted by molar-refractivity contribution is 5.92. The van der Waals surface area contributed by atoms with Crippen molar-refractivity contribution in [1.29, 1.82) is 0 Å². The number of amides is 1. The molecule has 0 saturated carbocycles. The number of carbonyl (C=O) groups excluding carboxylic acids is 1. The molecule has 0 radical (unpaired) electrons. The Labute approximate surface area is 110 Å². The number of aliphatic carboxylic acids is 1. The smallest absolute Gasteiger partial charge is 0.308 e. The lowest BCUT2D eigenvalue weighted by molar-refractivity contribution is -0.140. The van der Waals surface area contributed by atoms with Gasteiger partial charge in [0.1, 0.15) is 0 Å². The third-order valence-electron chi connectivity index (χ3n) is 3.08. The van der Waals surface area contributed by atoms with E-state index in [0.717, 1.165) is 0 Å². The fourth-order valence-corrected chi connectivity index (χ4v) is 2.04. The van der Waals surface area contributed by atoms with Crippen LogP contribution in [0.1, 0.15) is 23.8 Å². The first-order chi connectivity index (χ1) is 9.11. The second-order valence-electron chi connectivity index (χ2n) is 4.41. The molecule has 7 nitrogen and oxygen atoms in total. The Morgan fingerprint density at radius 3 is 2.79 bits per heavy atom. The quantitative estimate of drug-likeness (QED) is 0.803. The molecule has 1 aliphatic heterocycles. The van der Waals surface area contributed by atoms with Crippen molar-refractivity contribution in [2.75, 3.05) is 24.5 Å². The largest absolute Gasteiger partial charge is 0.481 e. The molecule has 1 atom stereocenters. The van der Waals surface area contributed by atoms with Crippen LogP contribution in [-0.4, -0.2) is 46.8 Å². The van der Waals surface area contributed by atoms with E-state index in [1.165, 1.54) is 0 Å². The van der Waals surface area contributed by atoms with Gasteiger partial charge in [0.05, 0.1) is 5.92 Å². The summed E-state index contributed by atoms with van der Waals surface area (Å²) in [6.45, 7) is 3.45. The Bertz CT molecular complexity index is 474. The maximum atomic E-state index is 11.5. The van der Waals surface area contributed by atoms with E-state index < -0.39 is 5.97 Å². The second-order valence-corrected chi connectivity index (χ2v) is 4.41.